The minimum atomic E-state index is 0.00136. The number of ether oxygens (including phenoxy) is 1. The van der Waals surface area contributed by atoms with Crippen LogP contribution in [0.25, 0.3) is 0 Å². The molecule has 4 rings (SSSR count). The second kappa shape index (κ2) is 13.1. The molecule has 1 aliphatic heterocycles. The van der Waals surface area contributed by atoms with Gasteiger partial charge in [-0.05, 0) is 54.8 Å². The molecule has 1 aromatic heterocycles. The summed E-state index contributed by atoms with van der Waals surface area (Å²) in [6.45, 7) is 7.35. The fraction of sp³-hybridized carbons (Fsp3) is 0.400. The molecular formula is C30H38N4O2. The average Bonchev–Trinajstić information content (AvgIpc) is 2.94. The van der Waals surface area contributed by atoms with Crippen molar-refractivity contribution in [1.29, 1.82) is 0 Å². The topological polar surface area (TPSA) is 48.9 Å². The molecule has 6 nitrogen and oxygen atoms in total. The van der Waals surface area contributed by atoms with E-state index in [0.29, 0.717) is 17.9 Å². The van der Waals surface area contributed by atoms with E-state index in [1.54, 1.807) is 13.3 Å². The number of aryl methyl sites for hydroxylation is 1. The molecular weight excluding hydrogens is 448 g/mol. The number of piperazine rings is 1. The number of benzene rings is 2. The van der Waals surface area contributed by atoms with E-state index in [1.165, 1.54) is 24.8 Å². The number of rotatable bonds is 11. The quantitative estimate of drug-likeness (QED) is 0.345. The van der Waals surface area contributed by atoms with Gasteiger partial charge in [0.1, 0.15) is 11.6 Å². The van der Waals surface area contributed by atoms with Crippen LogP contribution < -0.4 is 14.5 Å². The van der Waals surface area contributed by atoms with Gasteiger partial charge in [-0.3, -0.25) is 14.6 Å². The standard InChI is InChI=1S/C30H38N4O2/c1-3-4-5-10-25-14-16-26(17-15-25)30(35)34(29-13-8-9-18-31-29)24-21-32-19-22-33(23-20-32)27-11-6-7-12-28(27)36-2/h6-9,11-18H,3-5,10,19-24H2,1-2H3. The molecule has 2 heterocycles. The summed E-state index contributed by atoms with van der Waals surface area (Å²) in [5, 5.41) is 0. The van der Waals surface area contributed by atoms with Gasteiger partial charge >= 0.3 is 0 Å². The van der Waals surface area contributed by atoms with Gasteiger partial charge in [0.05, 0.1) is 12.8 Å². The van der Waals surface area contributed by atoms with Crippen molar-refractivity contribution in [2.75, 3.05) is 56.2 Å². The van der Waals surface area contributed by atoms with Crippen molar-refractivity contribution < 1.29 is 9.53 Å². The lowest BCUT2D eigenvalue weighted by Gasteiger charge is -2.37. The molecule has 0 aliphatic carbocycles. The number of pyridine rings is 1. The summed E-state index contributed by atoms with van der Waals surface area (Å²) in [5.41, 5.74) is 3.14. The van der Waals surface area contributed by atoms with Crippen LogP contribution in [0.2, 0.25) is 0 Å². The maximum absolute atomic E-state index is 13.5. The lowest BCUT2D eigenvalue weighted by molar-refractivity contribution is 0.0982. The maximum atomic E-state index is 13.5. The fourth-order valence-electron chi connectivity index (χ4n) is 4.73. The van der Waals surface area contributed by atoms with Gasteiger partial charge in [-0.25, -0.2) is 4.98 Å². The second-order valence-electron chi connectivity index (χ2n) is 9.30. The lowest BCUT2D eigenvalue weighted by atomic mass is 10.0. The van der Waals surface area contributed by atoms with Gasteiger partial charge in [-0.1, -0.05) is 50.1 Å². The fourth-order valence-corrected chi connectivity index (χ4v) is 4.73. The highest BCUT2D eigenvalue weighted by atomic mass is 16.5. The van der Waals surface area contributed by atoms with Crippen LogP contribution in [0.4, 0.5) is 11.5 Å². The average molecular weight is 487 g/mol. The van der Waals surface area contributed by atoms with Gasteiger partial charge in [0.25, 0.3) is 5.91 Å². The number of unbranched alkanes of at least 4 members (excludes halogenated alkanes) is 2. The van der Waals surface area contributed by atoms with Crippen molar-refractivity contribution >= 4 is 17.4 Å². The third kappa shape index (κ3) is 6.64. The van der Waals surface area contributed by atoms with Gasteiger partial charge in [0, 0.05) is 51.0 Å². The highest BCUT2D eigenvalue weighted by Crippen LogP contribution is 2.28. The normalized spacial score (nSPS) is 14.0. The maximum Gasteiger partial charge on any atom is 0.259 e. The van der Waals surface area contributed by atoms with Crippen molar-refractivity contribution in [2.45, 2.75) is 32.6 Å². The molecule has 1 amide bonds. The summed E-state index contributed by atoms with van der Waals surface area (Å²) in [5.74, 6) is 1.61. The number of hydrogen-bond donors (Lipinski definition) is 0. The molecule has 0 saturated carbocycles. The van der Waals surface area contributed by atoms with Gasteiger partial charge in [0.15, 0.2) is 0 Å². The number of nitrogens with zero attached hydrogens (tertiary/aromatic N) is 4. The van der Waals surface area contributed by atoms with Crippen LogP contribution in [0.15, 0.2) is 72.9 Å². The highest BCUT2D eigenvalue weighted by molar-refractivity contribution is 6.05. The Labute approximate surface area is 215 Å². The van der Waals surface area contributed by atoms with E-state index in [4.69, 9.17) is 4.74 Å². The van der Waals surface area contributed by atoms with E-state index in [1.807, 2.05) is 47.4 Å². The number of carbonyl (C=O) groups is 1. The molecule has 190 valence electrons. The van der Waals surface area contributed by atoms with Gasteiger partial charge in [-0.2, -0.15) is 0 Å². The first-order valence-electron chi connectivity index (χ1n) is 13.1. The SMILES string of the molecule is CCCCCc1ccc(C(=O)N(CCN2CCN(c3ccccc3OC)CC2)c2ccccn2)cc1. The molecule has 0 bridgehead atoms. The molecule has 0 N–H and O–H groups in total. The lowest BCUT2D eigenvalue weighted by Crippen LogP contribution is -2.49. The summed E-state index contributed by atoms with van der Waals surface area (Å²) >= 11 is 0. The molecule has 0 radical (unpaired) electrons. The Hall–Kier alpha value is -3.38. The Morgan fingerprint density at radius 2 is 1.69 bits per heavy atom. The number of methoxy groups -OCH3 is 1. The molecule has 1 fully saturated rings. The van der Waals surface area contributed by atoms with E-state index in [0.717, 1.165) is 50.6 Å². The molecule has 3 aromatic rings. The van der Waals surface area contributed by atoms with Crippen LogP contribution in [-0.4, -0.2) is 62.2 Å². The summed E-state index contributed by atoms with van der Waals surface area (Å²) in [7, 11) is 1.72. The number of para-hydroxylation sites is 2. The van der Waals surface area contributed by atoms with Crippen LogP contribution in [0.1, 0.15) is 42.1 Å². The summed E-state index contributed by atoms with van der Waals surface area (Å²) in [4.78, 5) is 24.6. The van der Waals surface area contributed by atoms with Crippen molar-refractivity contribution in [2.24, 2.45) is 0 Å². The molecule has 6 heteroatoms. The number of carbonyl (C=O) groups excluding carboxylic acids is 1. The third-order valence-corrected chi connectivity index (χ3v) is 6.88. The molecule has 1 saturated heterocycles. The van der Waals surface area contributed by atoms with Crippen LogP contribution in [-0.2, 0) is 6.42 Å². The van der Waals surface area contributed by atoms with Gasteiger partial charge < -0.3 is 9.64 Å². The van der Waals surface area contributed by atoms with E-state index < -0.39 is 0 Å². The van der Waals surface area contributed by atoms with Crippen LogP contribution in [0.3, 0.4) is 0 Å². The Bertz CT molecular complexity index is 1080. The molecule has 0 spiro atoms. The zero-order chi connectivity index (χ0) is 25.2. The number of aromatic nitrogens is 1. The van der Waals surface area contributed by atoms with E-state index in [2.05, 4.69) is 46.0 Å². The summed E-state index contributed by atoms with van der Waals surface area (Å²) in [6, 6.07) is 22.0. The van der Waals surface area contributed by atoms with Crippen molar-refractivity contribution in [1.82, 2.24) is 9.88 Å². The predicted molar refractivity (Wildman–Crippen MR) is 147 cm³/mol. The monoisotopic (exact) mass is 486 g/mol. The van der Waals surface area contributed by atoms with Crippen LogP contribution in [0.5, 0.6) is 5.75 Å². The Morgan fingerprint density at radius 3 is 2.39 bits per heavy atom. The number of anilines is 2. The molecule has 36 heavy (non-hydrogen) atoms. The van der Waals surface area contributed by atoms with E-state index >= 15 is 0 Å². The minimum absolute atomic E-state index is 0.00136. The third-order valence-electron chi connectivity index (χ3n) is 6.88. The predicted octanol–water partition coefficient (Wildman–Crippen LogP) is 5.29. The van der Waals surface area contributed by atoms with Crippen LogP contribution in [0, 0.1) is 0 Å². The molecule has 0 unspecified atom stereocenters. The van der Waals surface area contributed by atoms with Gasteiger partial charge in [0.2, 0.25) is 0 Å². The number of hydrogen-bond acceptors (Lipinski definition) is 5. The Kier molecular flexibility index (Phi) is 9.33. The van der Waals surface area contributed by atoms with Gasteiger partial charge in [-0.15, -0.1) is 0 Å². The van der Waals surface area contributed by atoms with E-state index in [9.17, 15) is 4.79 Å². The van der Waals surface area contributed by atoms with Crippen molar-refractivity contribution in [3.63, 3.8) is 0 Å². The largest absolute Gasteiger partial charge is 0.495 e. The zero-order valence-corrected chi connectivity index (χ0v) is 21.6. The van der Waals surface area contributed by atoms with Crippen LogP contribution >= 0.6 is 0 Å². The first kappa shape index (κ1) is 25.7. The smallest absolute Gasteiger partial charge is 0.259 e. The molecule has 2 aromatic carbocycles. The molecule has 0 atom stereocenters. The second-order valence-corrected chi connectivity index (χ2v) is 9.30. The zero-order valence-electron chi connectivity index (χ0n) is 21.6. The van der Waals surface area contributed by atoms with Crippen molar-refractivity contribution in [3.8, 4) is 5.75 Å². The van der Waals surface area contributed by atoms with Crippen molar-refractivity contribution in [3.05, 3.63) is 84.1 Å². The summed E-state index contributed by atoms with van der Waals surface area (Å²) in [6.07, 6.45) is 6.45. The first-order valence-corrected chi connectivity index (χ1v) is 13.1. The van der Waals surface area contributed by atoms with E-state index in [-0.39, 0.29) is 5.91 Å². The highest BCUT2D eigenvalue weighted by Gasteiger charge is 2.23. The Balaban J connectivity index is 1.38. The Morgan fingerprint density at radius 1 is 0.944 bits per heavy atom. The number of amides is 1. The summed E-state index contributed by atoms with van der Waals surface area (Å²) < 4.78 is 5.55. The minimum Gasteiger partial charge on any atom is -0.495 e. The molecule has 1 aliphatic rings. The first-order chi connectivity index (χ1) is 17.7.